The molecular formula is C30H41N8O4S+. The van der Waals surface area contributed by atoms with Gasteiger partial charge in [0.25, 0.3) is 5.91 Å². The van der Waals surface area contributed by atoms with Crippen LogP contribution in [0.4, 0.5) is 16.3 Å². The van der Waals surface area contributed by atoms with E-state index in [9.17, 15) is 18.0 Å². The number of nitrogens with two attached hydrogens (primary N) is 1. The Morgan fingerprint density at radius 1 is 1.02 bits per heavy atom. The van der Waals surface area contributed by atoms with Crippen LogP contribution in [-0.4, -0.2) is 117 Å². The third kappa shape index (κ3) is 7.52. The number of guanidine groups is 1. The molecular weight excluding hydrogens is 568 g/mol. The number of aromatic nitrogens is 1. The molecule has 2 saturated heterocycles. The highest BCUT2D eigenvalue weighted by Gasteiger charge is 2.30. The van der Waals surface area contributed by atoms with Gasteiger partial charge in [0, 0.05) is 50.5 Å². The fraction of sp³-hybridized carbons (Fsp3) is 0.467. The maximum Gasteiger partial charge on any atom is 0.332 e. The molecule has 4 N–H and O–H groups in total. The molecule has 0 radical (unpaired) electrons. The zero-order chi connectivity index (χ0) is 30.6. The summed E-state index contributed by atoms with van der Waals surface area (Å²) in [6, 6.07) is 11.2. The summed E-state index contributed by atoms with van der Waals surface area (Å²) >= 11 is 0. The maximum atomic E-state index is 13.0. The molecule has 0 spiro atoms. The van der Waals surface area contributed by atoms with Crippen molar-refractivity contribution in [3.63, 3.8) is 0 Å². The SMILES string of the molecule is CN1CCC(N(C)C(=O)c2ccc(N/C(N)=N/c3[nH+]cccc3C3=CCN(C(=O)N4CCS(=O)(=O)CC4)CC3)cc2)CC1. The van der Waals surface area contributed by atoms with Crippen molar-refractivity contribution in [3.8, 4) is 0 Å². The molecule has 5 rings (SSSR count). The Morgan fingerprint density at radius 3 is 2.37 bits per heavy atom. The Hall–Kier alpha value is -3.97. The monoisotopic (exact) mass is 609 g/mol. The predicted octanol–water partition coefficient (Wildman–Crippen LogP) is 1.66. The van der Waals surface area contributed by atoms with E-state index < -0.39 is 9.84 Å². The summed E-state index contributed by atoms with van der Waals surface area (Å²) in [7, 11) is 0.940. The first-order chi connectivity index (χ1) is 20.6. The second kappa shape index (κ2) is 13.1. The summed E-state index contributed by atoms with van der Waals surface area (Å²) in [5.74, 6) is 0.826. The fourth-order valence-corrected chi connectivity index (χ4v) is 6.92. The average Bonchev–Trinajstić information content (AvgIpc) is 3.01. The molecule has 2 fully saturated rings. The first kappa shape index (κ1) is 30.5. The number of carbonyl (C=O) groups excluding carboxylic acids is 2. The normalized spacial score (nSPS) is 20.0. The maximum absolute atomic E-state index is 13.0. The second-order valence-electron chi connectivity index (χ2n) is 11.4. The van der Waals surface area contributed by atoms with Gasteiger partial charge < -0.3 is 30.7 Å². The summed E-state index contributed by atoms with van der Waals surface area (Å²) in [5.41, 5.74) is 9.55. The highest BCUT2D eigenvalue weighted by Crippen LogP contribution is 2.28. The molecule has 0 aliphatic carbocycles. The van der Waals surface area contributed by atoms with Crippen molar-refractivity contribution in [2.45, 2.75) is 25.3 Å². The number of likely N-dealkylation sites (tertiary alicyclic amines) is 1. The minimum Gasteiger partial charge on any atom is -0.348 e. The number of rotatable bonds is 5. The number of pyridine rings is 1. The lowest BCUT2D eigenvalue weighted by atomic mass is 10.00. The van der Waals surface area contributed by atoms with Crippen LogP contribution in [0, 0.1) is 0 Å². The second-order valence-corrected chi connectivity index (χ2v) is 13.7. The molecule has 43 heavy (non-hydrogen) atoms. The summed E-state index contributed by atoms with van der Waals surface area (Å²) in [5, 5.41) is 3.10. The number of urea groups is 1. The van der Waals surface area contributed by atoms with E-state index in [0.29, 0.717) is 36.6 Å². The lowest BCUT2D eigenvalue weighted by Gasteiger charge is -2.35. The average molecular weight is 610 g/mol. The standard InChI is InChI=1S/C30H40N8O4S/c1-35-14-11-25(12-15-35)36(2)28(39)23-5-7-24(8-6-23)33-29(31)34-27-26(4-3-13-32-27)22-9-16-37(17-10-22)30(40)38-18-20-43(41,42)21-19-38/h3-9,13,25H,10-12,14-21H2,1-2H3,(H3,31,32,33,34)/p+1. The number of aliphatic imine (C=N–C) groups is 1. The van der Waals surface area contributed by atoms with Gasteiger partial charge >= 0.3 is 17.8 Å². The van der Waals surface area contributed by atoms with Crippen LogP contribution in [0.3, 0.4) is 0 Å². The summed E-state index contributed by atoms with van der Waals surface area (Å²) in [6.07, 6.45) is 6.37. The van der Waals surface area contributed by atoms with Crippen LogP contribution < -0.4 is 16.0 Å². The largest absolute Gasteiger partial charge is 0.348 e. The van der Waals surface area contributed by atoms with Crippen LogP contribution in [-0.2, 0) is 9.84 Å². The van der Waals surface area contributed by atoms with Gasteiger partial charge in [-0.25, -0.2) is 18.2 Å². The third-order valence-electron chi connectivity index (χ3n) is 8.47. The van der Waals surface area contributed by atoms with Gasteiger partial charge in [-0.05, 0) is 86.4 Å². The van der Waals surface area contributed by atoms with Crippen molar-refractivity contribution in [1.82, 2.24) is 19.6 Å². The molecule has 230 valence electrons. The molecule has 0 atom stereocenters. The van der Waals surface area contributed by atoms with Gasteiger partial charge in [0.15, 0.2) is 9.84 Å². The molecule has 2 aromatic rings. The smallest absolute Gasteiger partial charge is 0.332 e. The van der Waals surface area contributed by atoms with E-state index in [0.717, 1.165) is 37.1 Å². The molecule has 3 aliphatic heterocycles. The molecule has 1 aromatic heterocycles. The van der Waals surface area contributed by atoms with E-state index in [-0.39, 0.29) is 48.5 Å². The molecule has 3 amide bonds. The Kier molecular flexibility index (Phi) is 9.31. The van der Waals surface area contributed by atoms with Crippen LogP contribution in [0.1, 0.15) is 35.2 Å². The first-order valence-corrected chi connectivity index (χ1v) is 16.5. The molecule has 0 unspecified atom stereocenters. The van der Waals surface area contributed by atoms with Gasteiger partial charge in [-0.3, -0.25) is 4.79 Å². The topological polar surface area (TPSA) is 146 Å². The molecule has 4 heterocycles. The third-order valence-corrected chi connectivity index (χ3v) is 10.1. The minimum absolute atomic E-state index is 0.0103. The Morgan fingerprint density at radius 2 is 1.72 bits per heavy atom. The molecule has 12 nitrogen and oxygen atoms in total. The lowest BCUT2D eigenvalue weighted by Crippen LogP contribution is -2.50. The highest BCUT2D eigenvalue weighted by molar-refractivity contribution is 7.91. The fourth-order valence-electron chi connectivity index (χ4n) is 5.72. The van der Waals surface area contributed by atoms with Gasteiger partial charge in [-0.1, -0.05) is 6.08 Å². The van der Waals surface area contributed by atoms with E-state index >= 15 is 0 Å². The number of hydrogen-bond acceptors (Lipinski definition) is 6. The van der Waals surface area contributed by atoms with Gasteiger partial charge in [-0.2, -0.15) is 0 Å². The van der Waals surface area contributed by atoms with Crippen LogP contribution in [0.15, 0.2) is 53.7 Å². The van der Waals surface area contributed by atoms with Gasteiger partial charge in [-0.15, -0.1) is 0 Å². The van der Waals surface area contributed by atoms with Crippen molar-refractivity contribution in [2.75, 3.05) is 70.2 Å². The Balaban J connectivity index is 1.20. The van der Waals surface area contributed by atoms with Gasteiger partial charge in [0.2, 0.25) is 0 Å². The Labute approximate surface area is 253 Å². The number of carbonyl (C=O) groups is 2. The number of hydrogen-bond donors (Lipinski definition) is 2. The van der Waals surface area contributed by atoms with E-state index in [4.69, 9.17) is 5.73 Å². The quantitative estimate of drug-likeness (QED) is 0.387. The van der Waals surface area contributed by atoms with Crippen molar-refractivity contribution in [2.24, 2.45) is 10.7 Å². The molecule has 3 aliphatic rings. The summed E-state index contributed by atoms with van der Waals surface area (Å²) < 4.78 is 23.4. The zero-order valence-corrected chi connectivity index (χ0v) is 25.6. The van der Waals surface area contributed by atoms with E-state index in [2.05, 4.69) is 27.2 Å². The van der Waals surface area contributed by atoms with Gasteiger partial charge in [0.05, 0.1) is 23.3 Å². The molecule has 13 heteroatoms. The van der Waals surface area contributed by atoms with E-state index in [1.807, 2.05) is 42.3 Å². The zero-order valence-electron chi connectivity index (χ0n) is 24.8. The van der Waals surface area contributed by atoms with E-state index in [1.54, 1.807) is 28.1 Å². The van der Waals surface area contributed by atoms with E-state index in [1.165, 1.54) is 0 Å². The molecule has 0 bridgehead atoms. The number of sulfone groups is 1. The number of anilines is 1. The number of amides is 3. The van der Waals surface area contributed by atoms with Crippen LogP contribution in [0.2, 0.25) is 0 Å². The number of benzene rings is 1. The number of piperidine rings is 1. The van der Waals surface area contributed by atoms with Crippen LogP contribution >= 0.6 is 0 Å². The van der Waals surface area contributed by atoms with Crippen molar-refractivity contribution >= 4 is 44.8 Å². The predicted molar refractivity (Wildman–Crippen MR) is 167 cm³/mol. The van der Waals surface area contributed by atoms with Crippen molar-refractivity contribution < 1.29 is 23.0 Å². The van der Waals surface area contributed by atoms with Crippen LogP contribution in [0.25, 0.3) is 5.57 Å². The summed E-state index contributed by atoms with van der Waals surface area (Å²) in [6.45, 7) is 3.42. The number of aromatic amines is 1. The van der Waals surface area contributed by atoms with Crippen LogP contribution in [0.5, 0.6) is 0 Å². The highest BCUT2D eigenvalue weighted by atomic mass is 32.2. The van der Waals surface area contributed by atoms with Gasteiger partial charge in [0.1, 0.15) is 0 Å². The number of nitrogens with one attached hydrogen (secondary N) is 2. The van der Waals surface area contributed by atoms with Crippen molar-refractivity contribution in [3.05, 3.63) is 59.8 Å². The minimum atomic E-state index is -3.05. The number of nitrogens with zero attached hydrogens (tertiary/aromatic N) is 5. The first-order valence-electron chi connectivity index (χ1n) is 14.7. The van der Waals surface area contributed by atoms with Crippen molar-refractivity contribution in [1.29, 1.82) is 0 Å². The summed E-state index contributed by atoms with van der Waals surface area (Å²) in [4.78, 5) is 41.2. The number of H-pyrrole nitrogens is 1. The Bertz CT molecular complexity index is 1490. The lowest BCUT2D eigenvalue weighted by molar-refractivity contribution is -0.362. The molecule has 0 saturated carbocycles. The molecule has 1 aromatic carbocycles.